The zero-order valence-corrected chi connectivity index (χ0v) is 18.1. The van der Waals surface area contributed by atoms with Crippen molar-refractivity contribution in [2.45, 2.75) is 26.4 Å². The Balaban J connectivity index is 1.63. The Kier molecular flexibility index (Phi) is 6.12. The molecule has 7 heteroatoms. The number of phenols is 2. The summed E-state index contributed by atoms with van der Waals surface area (Å²) < 4.78 is 6.18. The molecular formula is C23H24N2O4S. The molecule has 3 rings (SSSR count). The van der Waals surface area contributed by atoms with Gasteiger partial charge in [-0.2, -0.15) is 0 Å². The van der Waals surface area contributed by atoms with E-state index in [1.165, 1.54) is 28.4 Å². The fourth-order valence-electron chi connectivity index (χ4n) is 2.59. The van der Waals surface area contributed by atoms with Gasteiger partial charge in [0.2, 0.25) is 0 Å². The van der Waals surface area contributed by atoms with Crippen molar-refractivity contribution in [1.82, 2.24) is 4.98 Å². The van der Waals surface area contributed by atoms with Gasteiger partial charge >= 0.3 is 6.09 Å². The number of aromatic hydroxyl groups is 2. The molecule has 30 heavy (non-hydrogen) atoms. The smallest absolute Gasteiger partial charge is 0.414 e. The third kappa shape index (κ3) is 5.39. The third-order valence-electron chi connectivity index (χ3n) is 4.09. The highest BCUT2D eigenvalue weighted by Crippen LogP contribution is 2.33. The second-order valence-electron chi connectivity index (χ2n) is 7.71. The van der Waals surface area contributed by atoms with E-state index < -0.39 is 11.7 Å². The molecule has 0 fully saturated rings. The number of nitrogens with zero attached hydrogens (tertiary/aromatic N) is 2. The second kappa shape index (κ2) is 8.59. The number of carbonyl (C=O) groups excluding carboxylic acids is 1. The first-order valence-electron chi connectivity index (χ1n) is 9.36. The zero-order valence-electron chi connectivity index (χ0n) is 17.3. The number of carbonyl (C=O) groups is 1. The molecule has 0 radical (unpaired) electrons. The highest BCUT2D eigenvalue weighted by Gasteiger charge is 2.20. The summed E-state index contributed by atoms with van der Waals surface area (Å²) >= 11 is 1.43. The number of benzene rings is 2. The van der Waals surface area contributed by atoms with Crippen molar-refractivity contribution >= 4 is 45.5 Å². The highest BCUT2D eigenvalue weighted by atomic mass is 32.1. The zero-order chi connectivity index (χ0) is 21.9. The Morgan fingerprint density at radius 1 is 1.07 bits per heavy atom. The first-order valence-corrected chi connectivity index (χ1v) is 10.2. The molecule has 2 aromatic carbocycles. The first kappa shape index (κ1) is 21.4. The summed E-state index contributed by atoms with van der Waals surface area (Å²) in [5, 5.41) is 19.9. The van der Waals surface area contributed by atoms with E-state index in [1.807, 2.05) is 69.3 Å². The minimum absolute atomic E-state index is 0.151. The lowest BCUT2D eigenvalue weighted by Crippen LogP contribution is -2.34. The van der Waals surface area contributed by atoms with Crippen LogP contribution in [-0.2, 0) is 4.74 Å². The average Bonchev–Trinajstić information content (AvgIpc) is 3.05. The number of rotatable bonds is 4. The van der Waals surface area contributed by atoms with Crippen LogP contribution in [0.25, 0.3) is 22.4 Å². The Labute approximate surface area is 179 Å². The lowest BCUT2D eigenvalue weighted by molar-refractivity contribution is 0.0589. The maximum Gasteiger partial charge on any atom is 0.414 e. The van der Waals surface area contributed by atoms with Crippen LogP contribution in [0.3, 0.4) is 0 Å². The van der Waals surface area contributed by atoms with Gasteiger partial charge in [0.25, 0.3) is 0 Å². The summed E-state index contributed by atoms with van der Waals surface area (Å²) in [6.45, 7) is 5.51. The molecule has 1 heterocycles. The van der Waals surface area contributed by atoms with Crippen molar-refractivity contribution in [3.8, 4) is 11.5 Å². The Bertz CT molecular complexity index is 1070. The van der Waals surface area contributed by atoms with Crippen molar-refractivity contribution in [2.75, 3.05) is 11.9 Å². The number of thiazole rings is 1. The van der Waals surface area contributed by atoms with Crippen LogP contribution in [0.15, 0.2) is 48.6 Å². The van der Waals surface area contributed by atoms with E-state index in [2.05, 4.69) is 4.98 Å². The molecule has 6 nitrogen and oxygen atoms in total. The van der Waals surface area contributed by atoms with Gasteiger partial charge in [0, 0.05) is 24.9 Å². The van der Waals surface area contributed by atoms with Crippen LogP contribution < -0.4 is 4.90 Å². The second-order valence-corrected chi connectivity index (χ2v) is 8.77. The fourth-order valence-corrected chi connectivity index (χ4v) is 3.49. The number of ether oxygens (including phenoxy) is 1. The Morgan fingerprint density at radius 3 is 2.37 bits per heavy atom. The van der Waals surface area contributed by atoms with Gasteiger partial charge in [0.05, 0.1) is 10.2 Å². The molecule has 0 aliphatic rings. The van der Waals surface area contributed by atoms with Crippen molar-refractivity contribution < 1.29 is 19.7 Å². The maximum absolute atomic E-state index is 12.1. The summed E-state index contributed by atoms with van der Waals surface area (Å²) in [7, 11) is 1.68. The van der Waals surface area contributed by atoms with Gasteiger partial charge < -0.3 is 14.9 Å². The monoisotopic (exact) mass is 424 g/mol. The van der Waals surface area contributed by atoms with E-state index in [1.54, 1.807) is 7.05 Å². The van der Waals surface area contributed by atoms with Crippen LogP contribution in [0.4, 0.5) is 10.5 Å². The molecule has 0 saturated carbocycles. The number of anilines is 1. The molecule has 2 N–H and O–H groups in total. The molecule has 0 aliphatic carbocycles. The standard InChI is InChI=1S/C23H24N2O4S/c1-23(2,3)29-22(28)25(4)16-11-9-15(10-12-16)7-5-6-8-21-24-17-13-18(26)19(27)14-20(17)30-21/h5-14,26-27H,1-4H3/b7-5+,8-6+. The topological polar surface area (TPSA) is 82.9 Å². The number of hydrogen-bond acceptors (Lipinski definition) is 6. The minimum atomic E-state index is -0.537. The predicted octanol–water partition coefficient (Wildman–Crippen LogP) is 5.81. The van der Waals surface area contributed by atoms with Gasteiger partial charge in [-0.15, -0.1) is 11.3 Å². The SMILES string of the molecule is CN(C(=O)OC(C)(C)C)c1ccc(/C=C/C=C/c2nc3cc(O)c(O)cc3s2)cc1. The summed E-state index contributed by atoms with van der Waals surface area (Å²) in [5.41, 5.74) is 1.84. The van der Waals surface area contributed by atoms with Crippen molar-refractivity contribution in [3.05, 3.63) is 59.1 Å². The lowest BCUT2D eigenvalue weighted by atomic mass is 10.2. The summed E-state index contributed by atoms with van der Waals surface area (Å²) in [4.78, 5) is 18.0. The van der Waals surface area contributed by atoms with Crippen LogP contribution in [0.2, 0.25) is 0 Å². The predicted molar refractivity (Wildman–Crippen MR) is 122 cm³/mol. The van der Waals surface area contributed by atoms with Gasteiger partial charge in [0.15, 0.2) is 11.5 Å². The number of phenolic OH excluding ortho intramolecular Hbond substituents is 2. The van der Waals surface area contributed by atoms with Gasteiger partial charge in [-0.3, -0.25) is 4.90 Å². The van der Waals surface area contributed by atoms with E-state index >= 15 is 0 Å². The number of amides is 1. The van der Waals surface area contributed by atoms with Gasteiger partial charge in [-0.05, 0) is 44.5 Å². The normalized spacial score (nSPS) is 12.1. The van der Waals surface area contributed by atoms with Crippen molar-refractivity contribution in [2.24, 2.45) is 0 Å². The molecular weight excluding hydrogens is 400 g/mol. The molecule has 156 valence electrons. The van der Waals surface area contributed by atoms with Crippen LogP contribution in [0, 0.1) is 0 Å². The van der Waals surface area contributed by atoms with Gasteiger partial charge in [-0.1, -0.05) is 30.4 Å². The minimum Gasteiger partial charge on any atom is -0.504 e. The number of aromatic nitrogens is 1. The van der Waals surface area contributed by atoms with Crippen molar-refractivity contribution in [1.29, 1.82) is 0 Å². The molecule has 3 aromatic rings. The van der Waals surface area contributed by atoms with Gasteiger partial charge in [-0.25, -0.2) is 9.78 Å². The van der Waals surface area contributed by atoms with Gasteiger partial charge in [0.1, 0.15) is 10.6 Å². The molecule has 0 aliphatic heterocycles. The lowest BCUT2D eigenvalue weighted by Gasteiger charge is -2.24. The van der Waals surface area contributed by atoms with E-state index in [0.29, 0.717) is 5.52 Å². The quantitative estimate of drug-likeness (QED) is 0.408. The van der Waals surface area contributed by atoms with Crippen LogP contribution >= 0.6 is 11.3 Å². The van der Waals surface area contributed by atoms with E-state index in [-0.39, 0.29) is 11.5 Å². The van der Waals surface area contributed by atoms with Crippen LogP contribution in [-0.4, -0.2) is 33.9 Å². The molecule has 0 spiro atoms. The molecule has 0 atom stereocenters. The summed E-state index contributed by atoms with van der Waals surface area (Å²) in [6.07, 6.45) is 7.18. The van der Waals surface area contributed by atoms with Crippen LogP contribution in [0.5, 0.6) is 11.5 Å². The molecule has 1 amide bonds. The Morgan fingerprint density at radius 2 is 1.70 bits per heavy atom. The van der Waals surface area contributed by atoms with Crippen LogP contribution in [0.1, 0.15) is 31.3 Å². The molecule has 1 aromatic heterocycles. The number of hydrogen-bond donors (Lipinski definition) is 2. The number of fused-ring (bicyclic) bond motifs is 1. The first-order chi connectivity index (χ1) is 14.1. The van der Waals surface area contributed by atoms with Crippen molar-refractivity contribution in [3.63, 3.8) is 0 Å². The maximum atomic E-state index is 12.1. The van der Waals surface area contributed by atoms with E-state index in [9.17, 15) is 15.0 Å². The Hall–Kier alpha value is -3.32. The fraction of sp³-hybridized carbons (Fsp3) is 0.217. The average molecular weight is 425 g/mol. The summed E-state index contributed by atoms with van der Waals surface area (Å²) in [5.74, 6) is -0.327. The van der Waals surface area contributed by atoms with E-state index in [0.717, 1.165) is 21.0 Å². The largest absolute Gasteiger partial charge is 0.504 e. The molecule has 0 bridgehead atoms. The third-order valence-corrected chi connectivity index (χ3v) is 5.07. The molecule has 0 unspecified atom stereocenters. The number of allylic oxidation sites excluding steroid dienone is 2. The highest BCUT2D eigenvalue weighted by molar-refractivity contribution is 7.19. The van der Waals surface area contributed by atoms with E-state index in [4.69, 9.17) is 4.74 Å². The summed E-state index contributed by atoms with van der Waals surface area (Å²) in [6, 6.07) is 10.5. The molecule has 0 saturated heterocycles.